The maximum Gasteiger partial charge on any atom is 0.253 e. The van der Waals surface area contributed by atoms with Gasteiger partial charge in [0.2, 0.25) is 5.91 Å². The van der Waals surface area contributed by atoms with Crippen molar-refractivity contribution < 1.29 is 9.59 Å². The van der Waals surface area contributed by atoms with E-state index in [0.717, 1.165) is 11.1 Å². The number of nitrogens with zero attached hydrogens (tertiary/aromatic N) is 1. The first-order valence-electron chi connectivity index (χ1n) is 7.79. The Hall–Kier alpha value is -2.88. The molecule has 0 aliphatic carbocycles. The van der Waals surface area contributed by atoms with E-state index in [1.807, 2.05) is 43.3 Å². The van der Waals surface area contributed by atoms with E-state index in [1.165, 1.54) is 16.5 Å². The van der Waals surface area contributed by atoms with Crippen LogP contribution < -0.4 is 5.32 Å². The van der Waals surface area contributed by atoms with Gasteiger partial charge in [0.25, 0.3) is 5.91 Å². The van der Waals surface area contributed by atoms with E-state index in [0.29, 0.717) is 12.1 Å². The van der Waals surface area contributed by atoms with Gasteiger partial charge in [-0.25, -0.2) is 0 Å². The van der Waals surface area contributed by atoms with Crippen LogP contribution >= 0.6 is 0 Å². The normalized spacial score (nSPS) is 10.6. The number of rotatable bonds is 5. The molecule has 4 nitrogen and oxygen atoms in total. The summed E-state index contributed by atoms with van der Waals surface area (Å²) in [4.78, 5) is 25.2. The lowest BCUT2D eigenvalue weighted by Crippen LogP contribution is -2.21. The van der Waals surface area contributed by atoms with Gasteiger partial charge in [-0.2, -0.15) is 0 Å². The molecule has 2 aromatic carbocycles. The molecule has 1 N–H and O–H groups in total. The Morgan fingerprint density at radius 2 is 1.79 bits per heavy atom. The van der Waals surface area contributed by atoms with Gasteiger partial charge >= 0.3 is 0 Å². The van der Waals surface area contributed by atoms with Crippen LogP contribution in [0.4, 0.5) is 0 Å². The third kappa shape index (κ3) is 5.09. The molecule has 124 valence electrons. The van der Waals surface area contributed by atoms with Gasteiger partial charge in [-0.3, -0.25) is 9.59 Å². The second-order valence-corrected chi connectivity index (χ2v) is 5.86. The van der Waals surface area contributed by atoms with Crippen LogP contribution in [0.1, 0.15) is 27.0 Å². The zero-order chi connectivity index (χ0) is 17.5. The van der Waals surface area contributed by atoms with Gasteiger partial charge in [-0.15, -0.1) is 0 Å². The molecule has 0 aliphatic rings. The van der Waals surface area contributed by atoms with E-state index in [2.05, 4.69) is 5.32 Å². The first kappa shape index (κ1) is 17.5. The Morgan fingerprint density at radius 3 is 2.42 bits per heavy atom. The highest BCUT2D eigenvalue weighted by atomic mass is 16.2. The lowest BCUT2D eigenvalue weighted by Gasteiger charge is -2.09. The summed E-state index contributed by atoms with van der Waals surface area (Å²) in [5.74, 6) is -0.189. The van der Waals surface area contributed by atoms with E-state index in [9.17, 15) is 9.59 Å². The maximum absolute atomic E-state index is 11.9. The molecule has 0 aliphatic heterocycles. The van der Waals surface area contributed by atoms with Crippen LogP contribution in [0, 0.1) is 6.92 Å². The van der Waals surface area contributed by atoms with Gasteiger partial charge in [-0.1, -0.05) is 42.0 Å². The molecular weight excluding hydrogens is 300 g/mol. The standard InChI is InChI=1S/C20H22N2O2/c1-15-5-4-6-17(13-15)14-21-19(23)12-9-16-7-10-18(11-8-16)20(24)22(2)3/h4-13H,14H2,1-3H3,(H,21,23)/b12-9+. The third-order valence-corrected chi connectivity index (χ3v) is 3.54. The van der Waals surface area contributed by atoms with Crippen LogP contribution in [-0.4, -0.2) is 30.8 Å². The third-order valence-electron chi connectivity index (χ3n) is 3.54. The summed E-state index contributed by atoms with van der Waals surface area (Å²) in [6.45, 7) is 2.52. The molecule has 2 aromatic rings. The highest BCUT2D eigenvalue weighted by Gasteiger charge is 2.06. The molecule has 2 rings (SSSR count). The topological polar surface area (TPSA) is 49.4 Å². The number of hydrogen-bond acceptors (Lipinski definition) is 2. The van der Waals surface area contributed by atoms with E-state index >= 15 is 0 Å². The predicted octanol–water partition coefficient (Wildman–Crippen LogP) is 3.03. The lowest BCUT2D eigenvalue weighted by molar-refractivity contribution is -0.116. The molecule has 0 bridgehead atoms. The quantitative estimate of drug-likeness (QED) is 0.860. The first-order chi connectivity index (χ1) is 11.5. The van der Waals surface area contributed by atoms with Crippen LogP contribution in [0.25, 0.3) is 6.08 Å². The fourth-order valence-electron chi connectivity index (χ4n) is 2.24. The molecular formula is C20H22N2O2. The second-order valence-electron chi connectivity index (χ2n) is 5.86. The van der Waals surface area contributed by atoms with E-state index in [-0.39, 0.29) is 11.8 Å². The number of benzene rings is 2. The minimum atomic E-state index is -0.148. The Bertz CT molecular complexity index is 746. The fourth-order valence-corrected chi connectivity index (χ4v) is 2.24. The zero-order valence-corrected chi connectivity index (χ0v) is 14.2. The largest absolute Gasteiger partial charge is 0.348 e. The summed E-state index contributed by atoms with van der Waals surface area (Å²) in [7, 11) is 3.43. The summed E-state index contributed by atoms with van der Waals surface area (Å²) < 4.78 is 0. The number of carbonyl (C=O) groups excluding carboxylic acids is 2. The average molecular weight is 322 g/mol. The molecule has 0 heterocycles. The maximum atomic E-state index is 11.9. The minimum Gasteiger partial charge on any atom is -0.348 e. The van der Waals surface area contributed by atoms with Gasteiger partial charge in [0, 0.05) is 32.3 Å². The van der Waals surface area contributed by atoms with Gasteiger partial charge < -0.3 is 10.2 Å². The second kappa shape index (κ2) is 8.11. The number of nitrogens with one attached hydrogen (secondary N) is 1. The highest BCUT2D eigenvalue weighted by Crippen LogP contribution is 2.08. The van der Waals surface area contributed by atoms with Crippen LogP contribution in [0.5, 0.6) is 0 Å². The van der Waals surface area contributed by atoms with Crippen LogP contribution in [0.3, 0.4) is 0 Å². The van der Waals surface area contributed by atoms with Crippen molar-refractivity contribution in [3.05, 3.63) is 76.9 Å². The molecule has 0 saturated heterocycles. The van der Waals surface area contributed by atoms with Gasteiger partial charge in [0.15, 0.2) is 0 Å². The number of aryl methyl sites for hydroxylation is 1. The Kier molecular flexibility index (Phi) is 5.90. The van der Waals surface area contributed by atoms with Crippen molar-refractivity contribution in [2.75, 3.05) is 14.1 Å². The summed E-state index contributed by atoms with van der Waals surface area (Å²) in [5, 5.41) is 2.85. The van der Waals surface area contributed by atoms with Crippen molar-refractivity contribution in [3.63, 3.8) is 0 Å². The van der Waals surface area contributed by atoms with Crippen LogP contribution in [-0.2, 0) is 11.3 Å². The van der Waals surface area contributed by atoms with Crippen molar-refractivity contribution >= 4 is 17.9 Å². The molecule has 0 spiro atoms. The van der Waals surface area contributed by atoms with Crippen LogP contribution in [0.15, 0.2) is 54.6 Å². The predicted molar refractivity (Wildman–Crippen MR) is 96.5 cm³/mol. The van der Waals surface area contributed by atoms with Crippen molar-refractivity contribution in [1.29, 1.82) is 0 Å². The van der Waals surface area contributed by atoms with Gasteiger partial charge in [0.1, 0.15) is 0 Å². The Morgan fingerprint density at radius 1 is 1.08 bits per heavy atom. The Balaban J connectivity index is 1.90. The average Bonchev–Trinajstić information content (AvgIpc) is 2.58. The molecule has 2 amide bonds. The van der Waals surface area contributed by atoms with E-state index in [4.69, 9.17) is 0 Å². The number of hydrogen-bond donors (Lipinski definition) is 1. The van der Waals surface area contributed by atoms with E-state index in [1.54, 1.807) is 32.3 Å². The van der Waals surface area contributed by atoms with Gasteiger partial charge in [-0.05, 0) is 36.3 Å². The van der Waals surface area contributed by atoms with Crippen molar-refractivity contribution in [3.8, 4) is 0 Å². The van der Waals surface area contributed by atoms with Gasteiger partial charge in [0.05, 0.1) is 0 Å². The van der Waals surface area contributed by atoms with Crippen molar-refractivity contribution in [2.45, 2.75) is 13.5 Å². The molecule has 0 fully saturated rings. The summed E-state index contributed by atoms with van der Waals surface area (Å²) in [5.41, 5.74) is 3.74. The lowest BCUT2D eigenvalue weighted by atomic mass is 10.1. The smallest absolute Gasteiger partial charge is 0.253 e. The monoisotopic (exact) mass is 322 g/mol. The summed E-state index contributed by atoms with van der Waals surface area (Å²) >= 11 is 0. The van der Waals surface area contributed by atoms with Crippen molar-refractivity contribution in [1.82, 2.24) is 10.2 Å². The molecule has 0 aromatic heterocycles. The molecule has 24 heavy (non-hydrogen) atoms. The first-order valence-corrected chi connectivity index (χ1v) is 7.79. The number of carbonyl (C=O) groups is 2. The fraction of sp³-hybridized carbons (Fsp3) is 0.200. The highest BCUT2D eigenvalue weighted by molar-refractivity contribution is 5.94. The summed E-state index contributed by atoms with van der Waals surface area (Å²) in [6, 6.07) is 15.2. The SMILES string of the molecule is Cc1cccc(CNC(=O)/C=C/c2ccc(C(=O)N(C)C)cc2)c1. The van der Waals surface area contributed by atoms with E-state index < -0.39 is 0 Å². The summed E-state index contributed by atoms with van der Waals surface area (Å²) in [6.07, 6.45) is 3.23. The van der Waals surface area contributed by atoms with Crippen molar-refractivity contribution in [2.24, 2.45) is 0 Å². The Labute approximate surface area is 142 Å². The zero-order valence-electron chi connectivity index (χ0n) is 14.2. The molecule has 0 unspecified atom stereocenters. The molecule has 4 heteroatoms. The number of amides is 2. The molecule has 0 radical (unpaired) electrons. The molecule has 0 saturated carbocycles. The molecule has 0 atom stereocenters. The van der Waals surface area contributed by atoms with Crippen LogP contribution in [0.2, 0.25) is 0 Å². The minimum absolute atomic E-state index is 0.0403.